The summed E-state index contributed by atoms with van der Waals surface area (Å²) in [6.07, 6.45) is 5.37. The van der Waals surface area contributed by atoms with Crippen LogP contribution in [0.3, 0.4) is 0 Å². The van der Waals surface area contributed by atoms with E-state index in [-0.39, 0.29) is 0 Å². The Balaban J connectivity index is 2.09. The lowest BCUT2D eigenvalue weighted by Crippen LogP contribution is -2.19. The molecule has 0 aliphatic rings. The highest BCUT2D eigenvalue weighted by molar-refractivity contribution is 9.09. The fourth-order valence-corrected chi connectivity index (χ4v) is 3.23. The summed E-state index contributed by atoms with van der Waals surface area (Å²) in [5.41, 5.74) is 0. The molecule has 5 heteroatoms. The van der Waals surface area contributed by atoms with Crippen molar-refractivity contribution in [3.8, 4) is 0 Å². The average molecular weight is 328 g/mol. The summed E-state index contributed by atoms with van der Waals surface area (Å²) in [5.74, 6) is 1.06. The van der Waals surface area contributed by atoms with E-state index in [1.165, 1.54) is 29.5 Å². The molecule has 0 radical (unpaired) electrons. The number of halogens is 1. The fraction of sp³-hybridized carbons (Fsp3) is 0.538. The number of aromatic nitrogens is 2. The Kier molecular flexibility index (Phi) is 4.95. The minimum absolute atomic E-state index is 1.05. The van der Waals surface area contributed by atoms with Crippen molar-refractivity contribution in [1.29, 1.82) is 0 Å². The first-order valence-electron chi connectivity index (χ1n) is 6.20. The third-order valence-corrected chi connectivity index (χ3v) is 4.44. The molecule has 0 amide bonds. The van der Waals surface area contributed by atoms with Gasteiger partial charge < -0.3 is 4.90 Å². The highest BCUT2D eigenvalue weighted by Gasteiger charge is 2.10. The Bertz CT molecular complexity index is 512. The number of unbranched alkanes of at least 4 members (excludes halogenated alkanes) is 2. The smallest absolute Gasteiger partial charge is 0.140 e. The van der Waals surface area contributed by atoms with Crippen LogP contribution in [0.5, 0.6) is 0 Å². The molecule has 2 rings (SSSR count). The first kappa shape index (κ1) is 13.7. The van der Waals surface area contributed by atoms with Crippen molar-refractivity contribution in [3.63, 3.8) is 0 Å². The van der Waals surface area contributed by atoms with E-state index < -0.39 is 0 Å². The third kappa shape index (κ3) is 3.20. The molecule has 2 heterocycles. The topological polar surface area (TPSA) is 29.0 Å². The number of aryl methyl sites for hydroxylation is 1. The molecule has 0 bridgehead atoms. The van der Waals surface area contributed by atoms with E-state index in [4.69, 9.17) is 0 Å². The van der Waals surface area contributed by atoms with Crippen molar-refractivity contribution in [2.45, 2.75) is 26.2 Å². The molecule has 0 N–H and O–H groups in total. The minimum atomic E-state index is 1.05. The quantitative estimate of drug-likeness (QED) is 0.593. The van der Waals surface area contributed by atoms with Crippen LogP contribution < -0.4 is 4.90 Å². The largest absolute Gasteiger partial charge is 0.359 e. The van der Waals surface area contributed by atoms with Crippen LogP contribution >= 0.6 is 27.3 Å². The summed E-state index contributed by atoms with van der Waals surface area (Å²) < 4.78 is 0. The van der Waals surface area contributed by atoms with Crippen molar-refractivity contribution in [3.05, 3.63) is 17.3 Å². The average Bonchev–Trinajstić information content (AvgIpc) is 2.74. The molecule has 2 aromatic heterocycles. The molecular formula is C13H18BrN3S. The molecule has 0 aliphatic heterocycles. The first-order valence-corrected chi connectivity index (χ1v) is 8.14. The summed E-state index contributed by atoms with van der Waals surface area (Å²) in [5, 5.41) is 2.28. The molecule has 0 unspecified atom stereocenters. The number of anilines is 1. The SMILES string of the molecule is Cc1cc2c(N(C)CCCCCBr)ncnc2s1. The van der Waals surface area contributed by atoms with E-state index in [1.54, 1.807) is 17.7 Å². The lowest BCUT2D eigenvalue weighted by Gasteiger charge is -2.18. The van der Waals surface area contributed by atoms with Gasteiger partial charge in [-0.3, -0.25) is 0 Å². The van der Waals surface area contributed by atoms with E-state index in [2.05, 4.69) is 50.8 Å². The molecule has 0 aliphatic carbocycles. The van der Waals surface area contributed by atoms with Crippen LogP contribution in [0.2, 0.25) is 0 Å². The van der Waals surface area contributed by atoms with Gasteiger partial charge in [0.05, 0.1) is 5.39 Å². The number of alkyl halides is 1. The Morgan fingerprint density at radius 2 is 2.11 bits per heavy atom. The zero-order valence-electron chi connectivity index (χ0n) is 10.8. The van der Waals surface area contributed by atoms with E-state index in [0.717, 1.165) is 22.5 Å². The van der Waals surface area contributed by atoms with Gasteiger partial charge in [-0.15, -0.1) is 11.3 Å². The lowest BCUT2D eigenvalue weighted by molar-refractivity contribution is 0.708. The third-order valence-electron chi connectivity index (χ3n) is 2.92. The molecule has 98 valence electrons. The summed E-state index contributed by atoms with van der Waals surface area (Å²) in [6, 6.07) is 2.18. The Labute approximate surface area is 120 Å². The van der Waals surface area contributed by atoms with Crippen LogP contribution in [-0.2, 0) is 0 Å². The molecule has 0 spiro atoms. The van der Waals surface area contributed by atoms with Crippen molar-refractivity contribution >= 4 is 43.3 Å². The van der Waals surface area contributed by atoms with Gasteiger partial charge in [0.25, 0.3) is 0 Å². The molecule has 18 heavy (non-hydrogen) atoms. The van der Waals surface area contributed by atoms with Gasteiger partial charge in [0.1, 0.15) is 17.0 Å². The van der Waals surface area contributed by atoms with Crippen LogP contribution in [0.1, 0.15) is 24.1 Å². The molecule has 0 aromatic carbocycles. The predicted octanol–water partition coefficient (Wildman–Crippen LogP) is 4.00. The summed E-state index contributed by atoms with van der Waals surface area (Å²) >= 11 is 5.20. The van der Waals surface area contributed by atoms with Gasteiger partial charge in [-0.25, -0.2) is 9.97 Å². The maximum Gasteiger partial charge on any atom is 0.140 e. The highest BCUT2D eigenvalue weighted by Crippen LogP contribution is 2.29. The van der Waals surface area contributed by atoms with Gasteiger partial charge in [-0.05, 0) is 25.8 Å². The Morgan fingerprint density at radius 3 is 2.89 bits per heavy atom. The van der Waals surface area contributed by atoms with Crippen LogP contribution in [0.4, 0.5) is 5.82 Å². The summed E-state index contributed by atoms with van der Waals surface area (Å²) in [7, 11) is 2.11. The second-order valence-electron chi connectivity index (χ2n) is 4.44. The second kappa shape index (κ2) is 6.48. The van der Waals surface area contributed by atoms with E-state index in [1.807, 2.05) is 0 Å². The zero-order valence-corrected chi connectivity index (χ0v) is 13.2. The maximum atomic E-state index is 4.43. The van der Waals surface area contributed by atoms with Crippen molar-refractivity contribution < 1.29 is 0 Å². The van der Waals surface area contributed by atoms with Crippen molar-refractivity contribution in [2.24, 2.45) is 0 Å². The van der Waals surface area contributed by atoms with Gasteiger partial charge >= 0.3 is 0 Å². The molecule has 0 fully saturated rings. The van der Waals surface area contributed by atoms with Gasteiger partial charge in [-0.2, -0.15) is 0 Å². The number of fused-ring (bicyclic) bond motifs is 1. The number of hydrogen-bond donors (Lipinski definition) is 0. The van der Waals surface area contributed by atoms with Gasteiger partial charge in [0.15, 0.2) is 0 Å². The Morgan fingerprint density at radius 1 is 1.28 bits per heavy atom. The predicted molar refractivity (Wildman–Crippen MR) is 83.1 cm³/mol. The van der Waals surface area contributed by atoms with E-state index in [0.29, 0.717) is 0 Å². The standard InChI is InChI=1S/C13H18BrN3S/c1-10-8-11-12(15-9-16-13(11)18-10)17(2)7-5-3-4-6-14/h8-9H,3-7H2,1-2H3. The van der Waals surface area contributed by atoms with Gasteiger partial charge in [0, 0.05) is 23.8 Å². The van der Waals surface area contributed by atoms with Gasteiger partial charge in [0.2, 0.25) is 0 Å². The number of thiophene rings is 1. The van der Waals surface area contributed by atoms with Crippen LogP contribution in [0.25, 0.3) is 10.2 Å². The lowest BCUT2D eigenvalue weighted by atomic mass is 10.2. The molecule has 2 aromatic rings. The summed E-state index contributed by atoms with van der Waals surface area (Å²) in [6.45, 7) is 3.17. The maximum absolute atomic E-state index is 4.43. The number of nitrogens with zero attached hydrogens (tertiary/aromatic N) is 3. The van der Waals surface area contributed by atoms with E-state index in [9.17, 15) is 0 Å². The molecule has 3 nitrogen and oxygen atoms in total. The Hall–Kier alpha value is -0.680. The zero-order chi connectivity index (χ0) is 13.0. The van der Waals surface area contributed by atoms with E-state index >= 15 is 0 Å². The van der Waals surface area contributed by atoms with Crippen LogP contribution in [0, 0.1) is 6.92 Å². The van der Waals surface area contributed by atoms with Crippen LogP contribution in [0.15, 0.2) is 12.4 Å². The van der Waals surface area contributed by atoms with Gasteiger partial charge in [-0.1, -0.05) is 22.4 Å². The molecular weight excluding hydrogens is 310 g/mol. The number of rotatable bonds is 6. The van der Waals surface area contributed by atoms with Crippen molar-refractivity contribution in [1.82, 2.24) is 9.97 Å². The highest BCUT2D eigenvalue weighted by atomic mass is 79.9. The number of hydrogen-bond acceptors (Lipinski definition) is 4. The minimum Gasteiger partial charge on any atom is -0.359 e. The molecule has 0 atom stereocenters. The summed E-state index contributed by atoms with van der Waals surface area (Å²) in [4.78, 5) is 13.4. The fourth-order valence-electron chi connectivity index (χ4n) is 1.99. The molecule has 0 saturated heterocycles. The normalized spacial score (nSPS) is 11.1. The monoisotopic (exact) mass is 327 g/mol. The van der Waals surface area contributed by atoms with Crippen molar-refractivity contribution in [2.75, 3.05) is 23.8 Å². The first-order chi connectivity index (χ1) is 8.72. The molecule has 0 saturated carbocycles. The van der Waals surface area contributed by atoms with Crippen LogP contribution in [-0.4, -0.2) is 28.9 Å². The second-order valence-corrected chi connectivity index (χ2v) is 6.47.